The number of aryl methyl sites for hydroxylation is 1. The largest absolute Gasteiger partial charge is 0.357 e. The van der Waals surface area contributed by atoms with Crippen molar-refractivity contribution in [3.05, 3.63) is 89.4 Å². The third-order valence-electron chi connectivity index (χ3n) is 6.77. The maximum atomic E-state index is 13.5. The van der Waals surface area contributed by atoms with E-state index < -0.39 is 0 Å². The van der Waals surface area contributed by atoms with Crippen LogP contribution in [0.15, 0.2) is 66.7 Å². The van der Waals surface area contributed by atoms with Gasteiger partial charge in [0.15, 0.2) is 0 Å². The number of H-pyrrole nitrogens is 1. The van der Waals surface area contributed by atoms with E-state index in [4.69, 9.17) is 0 Å². The molecule has 1 atom stereocenters. The van der Waals surface area contributed by atoms with E-state index in [-0.39, 0.29) is 11.7 Å². The van der Waals surface area contributed by atoms with Crippen LogP contribution in [0.3, 0.4) is 0 Å². The van der Waals surface area contributed by atoms with Crippen LogP contribution >= 0.6 is 0 Å². The molecular weight excluding hydrogens is 449 g/mol. The number of benzene rings is 3. The van der Waals surface area contributed by atoms with Crippen molar-refractivity contribution in [1.82, 2.24) is 4.98 Å². The van der Waals surface area contributed by atoms with Crippen LogP contribution in [0.25, 0.3) is 10.9 Å². The third-order valence-corrected chi connectivity index (χ3v) is 6.77. The lowest BCUT2D eigenvalue weighted by Gasteiger charge is -2.17. The van der Waals surface area contributed by atoms with E-state index in [9.17, 15) is 9.18 Å². The van der Waals surface area contributed by atoms with Gasteiger partial charge in [-0.3, -0.25) is 4.79 Å². The van der Waals surface area contributed by atoms with Gasteiger partial charge >= 0.3 is 0 Å². The second-order valence-electron chi connectivity index (χ2n) is 9.43. The summed E-state index contributed by atoms with van der Waals surface area (Å²) < 4.78 is 13.5. The number of aromatic nitrogens is 1. The number of aromatic amines is 1. The maximum Gasteiger partial charge on any atom is 0.255 e. The first-order valence-corrected chi connectivity index (χ1v) is 13.1. The van der Waals surface area contributed by atoms with Crippen molar-refractivity contribution in [2.45, 2.75) is 65.2 Å². The highest BCUT2D eigenvalue weighted by molar-refractivity contribution is 6.10. The third kappa shape index (κ3) is 5.96. The summed E-state index contributed by atoms with van der Waals surface area (Å²) in [5.41, 5.74) is 6.20. The summed E-state index contributed by atoms with van der Waals surface area (Å²) in [5, 5.41) is 7.33. The van der Waals surface area contributed by atoms with Crippen molar-refractivity contribution in [3.8, 4) is 0 Å². The highest BCUT2D eigenvalue weighted by atomic mass is 19.1. The average Bonchev–Trinajstić information content (AvgIpc) is 3.23. The number of unbranched alkanes of at least 4 members (excludes halogenated alkanes) is 1. The second kappa shape index (κ2) is 11.9. The van der Waals surface area contributed by atoms with Crippen molar-refractivity contribution >= 4 is 33.9 Å². The van der Waals surface area contributed by atoms with Gasteiger partial charge in [0.05, 0.1) is 5.69 Å². The summed E-state index contributed by atoms with van der Waals surface area (Å²) in [7, 11) is 0. The Morgan fingerprint density at radius 2 is 1.69 bits per heavy atom. The normalized spacial score (nSPS) is 12.0. The van der Waals surface area contributed by atoms with E-state index in [1.165, 1.54) is 43.4 Å². The standard InChI is InChI=1S/C31H36FN3O/c1-4-7-10-21(9-5-2)22-13-15-23(16-14-22)31(36)35-30-27-18-17-26(20-29(27)34-28(30)6-3)33-25-12-8-11-24(32)19-25/h8,11-21,33-34H,4-7,9-10H2,1-3H3,(H,35,36). The molecule has 1 aromatic heterocycles. The Bertz CT molecular complexity index is 1310. The molecule has 4 aromatic rings. The fraction of sp³-hybridized carbons (Fsp3) is 0.323. The van der Waals surface area contributed by atoms with Crippen molar-refractivity contribution in [2.24, 2.45) is 0 Å². The maximum absolute atomic E-state index is 13.5. The molecule has 0 spiro atoms. The van der Waals surface area contributed by atoms with Crippen LogP contribution in [0.4, 0.5) is 21.5 Å². The quantitative estimate of drug-likeness (QED) is 0.199. The number of rotatable bonds is 11. The molecule has 0 aliphatic rings. The lowest BCUT2D eigenvalue weighted by atomic mass is 9.89. The van der Waals surface area contributed by atoms with E-state index in [1.54, 1.807) is 6.07 Å². The molecule has 0 bridgehead atoms. The van der Waals surface area contributed by atoms with Gasteiger partial charge in [-0.15, -0.1) is 0 Å². The van der Waals surface area contributed by atoms with Crippen LogP contribution in [-0.4, -0.2) is 10.9 Å². The van der Waals surface area contributed by atoms with Gasteiger partial charge in [0.25, 0.3) is 5.91 Å². The number of amides is 1. The molecule has 188 valence electrons. The van der Waals surface area contributed by atoms with Crippen molar-refractivity contribution in [1.29, 1.82) is 0 Å². The highest BCUT2D eigenvalue weighted by Gasteiger charge is 2.16. The van der Waals surface area contributed by atoms with E-state index in [1.807, 2.05) is 36.4 Å². The topological polar surface area (TPSA) is 56.9 Å². The molecule has 1 unspecified atom stereocenters. The minimum absolute atomic E-state index is 0.111. The first-order valence-electron chi connectivity index (χ1n) is 13.1. The Labute approximate surface area is 213 Å². The summed E-state index contributed by atoms with van der Waals surface area (Å²) in [6.45, 7) is 6.52. The Balaban J connectivity index is 1.53. The number of halogens is 1. The summed E-state index contributed by atoms with van der Waals surface area (Å²) in [4.78, 5) is 16.6. The van der Waals surface area contributed by atoms with Gasteiger partial charge in [-0.05, 0) is 79.3 Å². The average molecular weight is 486 g/mol. The van der Waals surface area contributed by atoms with E-state index >= 15 is 0 Å². The predicted molar refractivity (Wildman–Crippen MR) is 149 cm³/mol. The van der Waals surface area contributed by atoms with Gasteiger partial charge in [-0.2, -0.15) is 0 Å². The van der Waals surface area contributed by atoms with Gasteiger partial charge < -0.3 is 15.6 Å². The van der Waals surface area contributed by atoms with Crippen molar-refractivity contribution < 1.29 is 9.18 Å². The van der Waals surface area contributed by atoms with Gasteiger partial charge in [0, 0.05) is 33.5 Å². The van der Waals surface area contributed by atoms with Gasteiger partial charge in [0.1, 0.15) is 5.82 Å². The van der Waals surface area contributed by atoms with E-state index in [2.05, 4.69) is 48.5 Å². The van der Waals surface area contributed by atoms with Gasteiger partial charge in [0.2, 0.25) is 0 Å². The number of anilines is 3. The molecule has 1 amide bonds. The minimum Gasteiger partial charge on any atom is -0.357 e. The molecule has 0 saturated carbocycles. The fourth-order valence-corrected chi connectivity index (χ4v) is 4.84. The first kappa shape index (κ1) is 25.5. The van der Waals surface area contributed by atoms with Gasteiger partial charge in [-0.25, -0.2) is 4.39 Å². The van der Waals surface area contributed by atoms with Crippen LogP contribution in [-0.2, 0) is 6.42 Å². The number of hydrogen-bond donors (Lipinski definition) is 3. The fourth-order valence-electron chi connectivity index (χ4n) is 4.84. The SMILES string of the molecule is CCCCC(CCC)c1ccc(C(=O)Nc2c(CC)[nH]c3cc(Nc4cccc(F)c4)ccc23)cc1. The second-order valence-corrected chi connectivity index (χ2v) is 9.43. The molecule has 1 heterocycles. The molecular formula is C31H36FN3O. The summed E-state index contributed by atoms with van der Waals surface area (Å²) in [5.74, 6) is 0.163. The van der Waals surface area contributed by atoms with Crippen LogP contribution in [0, 0.1) is 5.82 Å². The summed E-state index contributed by atoms with van der Waals surface area (Å²) in [6, 6.07) is 20.4. The van der Waals surface area contributed by atoms with E-state index in [0.717, 1.165) is 40.8 Å². The monoisotopic (exact) mass is 485 g/mol. The van der Waals surface area contributed by atoms with Crippen LogP contribution in [0.5, 0.6) is 0 Å². The number of carbonyl (C=O) groups is 1. The van der Waals surface area contributed by atoms with Crippen molar-refractivity contribution in [2.75, 3.05) is 10.6 Å². The molecule has 3 aromatic carbocycles. The Morgan fingerprint density at radius 3 is 2.39 bits per heavy atom. The van der Waals surface area contributed by atoms with E-state index in [0.29, 0.717) is 17.2 Å². The predicted octanol–water partition coefficient (Wildman–Crippen LogP) is 8.94. The lowest BCUT2D eigenvalue weighted by molar-refractivity contribution is 0.102. The molecule has 0 saturated heterocycles. The number of hydrogen-bond acceptors (Lipinski definition) is 2. The molecule has 36 heavy (non-hydrogen) atoms. The Hall–Kier alpha value is -3.60. The lowest BCUT2D eigenvalue weighted by Crippen LogP contribution is -2.13. The van der Waals surface area contributed by atoms with Crippen LogP contribution < -0.4 is 10.6 Å². The molecule has 0 radical (unpaired) electrons. The zero-order valence-corrected chi connectivity index (χ0v) is 21.5. The number of fused-ring (bicyclic) bond motifs is 1. The minimum atomic E-state index is -0.283. The Morgan fingerprint density at radius 1 is 0.917 bits per heavy atom. The van der Waals surface area contributed by atoms with Crippen molar-refractivity contribution in [3.63, 3.8) is 0 Å². The molecule has 0 aliphatic carbocycles. The van der Waals surface area contributed by atoms with Crippen LogP contribution in [0.2, 0.25) is 0 Å². The molecule has 4 nitrogen and oxygen atoms in total. The molecule has 5 heteroatoms. The number of nitrogens with one attached hydrogen (secondary N) is 3. The van der Waals surface area contributed by atoms with Gasteiger partial charge in [-0.1, -0.05) is 58.2 Å². The molecule has 0 fully saturated rings. The summed E-state index contributed by atoms with van der Waals surface area (Å²) in [6.07, 6.45) is 6.72. The first-order chi connectivity index (χ1) is 17.5. The zero-order valence-electron chi connectivity index (χ0n) is 21.5. The number of carbonyl (C=O) groups excluding carboxylic acids is 1. The smallest absolute Gasteiger partial charge is 0.255 e. The molecule has 4 rings (SSSR count). The zero-order chi connectivity index (χ0) is 25.5. The molecule has 3 N–H and O–H groups in total. The van der Waals surface area contributed by atoms with Crippen LogP contribution in [0.1, 0.15) is 80.4 Å². The summed E-state index contributed by atoms with van der Waals surface area (Å²) >= 11 is 0. The highest BCUT2D eigenvalue weighted by Crippen LogP contribution is 2.32. The Kier molecular flexibility index (Phi) is 8.42. The molecule has 0 aliphatic heterocycles.